The van der Waals surface area contributed by atoms with Crippen LogP contribution in [0.5, 0.6) is 0 Å². The first-order valence-corrected chi connectivity index (χ1v) is 5.36. The van der Waals surface area contributed by atoms with Crippen molar-refractivity contribution in [1.29, 1.82) is 0 Å². The number of carbonyl (C=O) groups excluding carboxylic acids is 1. The molecule has 0 fully saturated rings. The highest BCUT2D eigenvalue weighted by Gasteiger charge is 2.12. The Bertz CT molecular complexity index is 563. The second-order valence-electron chi connectivity index (χ2n) is 3.58. The van der Waals surface area contributed by atoms with Gasteiger partial charge in [-0.2, -0.15) is 0 Å². The first kappa shape index (κ1) is 11.5. The third kappa shape index (κ3) is 2.42. The van der Waals surface area contributed by atoms with Gasteiger partial charge >= 0.3 is 0 Å². The molecule has 0 saturated heterocycles. The number of halogens is 1. The van der Waals surface area contributed by atoms with Crippen LogP contribution in [-0.4, -0.2) is 5.91 Å². The van der Waals surface area contributed by atoms with Gasteiger partial charge in [0.05, 0.1) is 23.2 Å². The van der Waals surface area contributed by atoms with Crippen molar-refractivity contribution in [1.82, 2.24) is 0 Å². The number of furan rings is 1. The highest BCUT2D eigenvalue weighted by atomic mass is 35.5. The quantitative estimate of drug-likeness (QED) is 0.805. The maximum atomic E-state index is 11.9. The summed E-state index contributed by atoms with van der Waals surface area (Å²) in [5.74, 6) is 0.285. The van der Waals surface area contributed by atoms with E-state index < -0.39 is 0 Å². The molecule has 0 aliphatic heterocycles. The average molecular weight is 251 g/mol. The van der Waals surface area contributed by atoms with E-state index in [-0.39, 0.29) is 5.91 Å². The van der Waals surface area contributed by atoms with Gasteiger partial charge in [-0.1, -0.05) is 11.6 Å². The van der Waals surface area contributed by atoms with Gasteiger partial charge in [0.25, 0.3) is 5.91 Å². The minimum atomic E-state index is -0.273. The summed E-state index contributed by atoms with van der Waals surface area (Å²) in [6, 6.07) is 6.51. The molecule has 5 heteroatoms. The maximum Gasteiger partial charge on any atom is 0.259 e. The summed E-state index contributed by atoms with van der Waals surface area (Å²) in [6.07, 6.45) is 1.46. The van der Waals surface area contributed by atoms with Crippen LogP contribution >= 0.6 is 11.6 Å². The molecule has 1 aromatic carbocycles. The van der Waals surface area contributed by atoms with E-state index in [1.807, 2.05) is 0 Å². The molecule has 88 valence electrons. The number of aryl methyl sites for hydroxylation is 1. The van der Waals surface area contributed by atoms with E-state index in [0.29, 0.717) is 27.7 Å². The van der Waals surface area contributed by atoms with Crippen LogP contribution in [0.4, 0.5) is 11.4 Å². The van der Waals surface area contributed by atoms with E-state index in [4.69, 9.17) is 21.8 Å². The summed E-state index contributed by atoms with van der Waals surface area (Å²) >= 11 is 5.83. The third-order valence-corrected chi connectivity index (χ3v) is 2.60. The summed E-state index contributed by atoms with van der Waals surface area (Å²) in [5, 5.41) is 3.20. The fourth-order valence-corrected chi connectivity index (χ4v) is 1.62. The smallest absolute Gasteiger partial charge is 0.259 e. The molecule has 1 amide bonds. The van der Waals surface area contributed by atoms with E-state index in [1.165, 1.54) is 6.26 Å². The third-order valence-electron chi connectivity index (χ3n) is 2.37. The molecule has 0 aliphatic carbocycles. The molecule has 2 rings (SSSR count). The van der Waals surface area contributed by atoms with Crippen LogP contribution in [0.2, 0.25) is 5.02 Å². The number of nitrogen functional groups attached to an aromatic ring is 1. The SMILES string of the molecule is Cc1occc1C(=O)Nc1cc(Cl)ccc1N. The number of hydrogen-bond acceptors (Lipinski definition) is 3. The van der Waals surface area contributed by atoms with Gasteiger partial charge in [0.15, 0.2) is 0 Å². The predicted molar refractivity (Wildman–Crippen MR) is 67.3 cm³/mol. The molecular weight excluding hydrogens is 240 g/mol. The summed E-state index contributed by atoms with van der Waals surface area (Å²) < 4.78 is 5.06. The van der Waals surface area contributed by atoms with Crippen molar-refractivity contribution in [3.8, 4) is 0 Å². The number of carbonyl (C=O) groups is 1. The Morgan fingerprint density at radius 1 is 1.41 bits per heavy atom. The van der Waals surface area contributed by atoms with Crippen molar-refractivity contribution < 1.29 is 9.21 Å². The predicted octanol–water partition coefficient (Wildman–Crippen LogP) is 3.08. The first-order valence-electron chi connectivity index (χ1n) is 4.98. The van der Waals surface area contributed by atoms with Crippen LogP contribution in [0.15, 0.2) is 34.9 Å². The average Bonchev–Trinajstić information content (AvgIpc) is 2.70. The fourth-order valence-electron chi connectivity index (χ4n) is 1.45. The zero-order valence-corrected chi connectivity index (χ0v) is 9.91. The van der Waals surface area contributed by atoms with Crippen LogP contribution in [-0.2, 0) is 0 Å². The van der Waals surface area contributed by atoms with Crippen LogP contribution < -0.4 is 11.1 Å². The van der Waals surface area contributed by atoms with E-state index in [0.717, 1.165) is 0 Å². The van der Waals surface area contributed by atoms with Gasteiger partial charge in [0.2, 0.25) is 0 Å². The topological polar surface area (TPSA) is 68.3 Å². The van der Waals surface area contributed by atoms with Crippen molar-refractivity contribution in [2.24, 2.45) is 0 Å². The molecule has 0 atom stereocenters. The number of benzene rings is 1. The van der Waals surface area contributed by atoms with E-state index in [1.54, 1.807) is 31.2 Å². The van der Waals surface area contributed by atoms with Crippen molar-refractivity contribution in [3.05, 3.63) is 46.9 Å². The lowest BCUT2D eigenvalue weighted by molar-refractivity contribution is 0.102. The molecule has 0 aliphatic rings. The molecule has 3 N–H and O–H groups in total. The zero-order chi connectivity index (χ0) is 12.4. The molecule has 4 nitrogen and oxygen atoms in total. The van der Waals surface area contributed by atoms with Gasteiger partial charge in [0.1, 0.15) is 5.76 Å². The van der Waals surface area contributed by atoms with Crippen LogP contribution in [0.1, 0.15) is 16.1 Å². The number of hydrogen-bond donors (Lipinski definition) is 2. The number of nitrogens with one attached hydrogen (secondary N) is 1. The molecule has 1 heterocycles. The summed E-state index contributed by atoms with van der Waals surface area (Å²) in [4.78, 5) is 11.9. The van der Waals surface area contributed by atoms with Crippen LogP contribution in [0.25, 0.3) is 0 Å². The van der Waals surface area contributed by atoms with Crippen LogP contribution in [0.3, 0.4) is 0 Å². The lowest BCUT2D eigenvalue weighted by atomic mass is 10.2. The van der Waals surface area contributed by atoms with Gasteiger partial charge in [0, 0.05) is 5.02 Å². The van der Waals surface area contributed by atoms with Gasteiger partial charge in [-0.25, -0.2) is 0 Å². The normalized spacial score (nSPS) is 10.2. The van der Waals surface area contributed by atoms with E-state index in [2.05, 4.69) is 5.32 Å². The Morgan fingerprint density at radius 2 is 2.18 bits per heavy atom. The Kier molecular flexibility index (Phi) is 3.06. The van der Waals surface area contributed by atoms with E-state index in [9.17, 15) is 4.79 Å². The number of anilines is 2. The van der Waals surface area contributed by atoms with Crippen molar-refractivity contribution in [3.63, 3.8) is 0 Å². The van der Waals surface area contributed by atoms with E-state index >= 15 is 0 Å². The zero-order valence-electron chi connectivity index (χ0n) is 9.16. The Labute approximate surface area is 103 Å². The van der Waals surface area contributed by atoms with Gasteiger partial charge in [-0.05, 0) is 31.2 Å². The van der Waals surface area contributed by atoms with Crippen LogP contribution in [0, 0.1) is 6.92 Å². The summed E-state index contributed by atoms with van der Waals surface area (Å²) in [6.45, 7) is 1.72. The summed E-state index contributed by atoms with van der Waals surface area (Å²) in [7, 11) is 0. The molecule has 0 saturated carbocycles. The number of nitrogens with two attached hydrogens (primary N) is 1. The second kappa shape index (κ2) is 4.51. The van der Waals surface area contributed by atoms with Gasteiger partial charge in [-0.3, -0.25) is 4.79 Å². The van der Waals surface area contributed by atoms with Gasteiger partial charge < -0.3 is 15.5 Å². The Hall–Kier alpha value is -1.94. The molecule has 0 bridgehead atoms. The van der Waals surface area contributed by atoms with Crippen molar-refractivity contribution in [2.75, 3.05) is 11.1 Å². The standard InChI is InChI=1S/C12H11ClN2O2/c1-7-9(4-5-17-7)12(16)15-11-6-8(13)2-3-10(11)14/h2-6H,14H2,1H3,(H,15,16). The minimum absolute atomic E-state index is 0.273. The van der Waals surface area contributed by atoms with Gasteiger partial charge in [-0.15, -0.1) is 0 Å². The molecule has 2 aromatic rings. The fraction of sp³-hybridized carbons (Fsp3) is 0.0833. The Balaban J connectivity index is 2.24. The molecule has 0 radical (unpaired) electrons. The monoisotopic (exact) mass is 250 g/mol. The Morgan fingerprint density at radius 3 is 2.82 bits per heavy atom. The highest BCUT2D eigenvalue weighted by molar-refractivity contribution is 6.31. The lowest BCUT2D eigenvalue weighted by Gasteiger charge is -2.07. The molecule has 1 aromatic heterocycles. The van der Waals surface area contributed by atoms with Crippen molar-refractivity contribution >= 4 is 28.9 Å². The maximum absolute atomic E-state index is 11.9. The second-order valence-corrected chi connectivity index (χ2v) is 4.01. The molecule has 0 unspecified atom stereocenters. The molecule has 0 spiro atoms. The van der Waals surface area contributed by atoms with Crippen molar-refractivity contribution in [2.45, 2.75) is 6.92 Å². The molecule has 17 heavy (non-hydrogen) atoms. The largest absolute Gasteiger partial charge is 0.469 e. The number of rotatable bonds is 2. The minimum Gasteiger partial charge on any atom is -0.469 e. The number of amides is 1. The molecular formula is C12H11ClN2O2. The highest BCUT2D eigenvalue weighted by Crippen LogP contribution is 2.23. The lowest BCUT2D eigenvalue weighted by Crippen LogP contribution is -2.13. The first-order chi connectivity index (χ1) is 8.08. The summed E-state index contributed by atoms with van der Waals surface area (Å²) in [5.41, 5.74) is 7.16.